The van der Waals surface area contributed by atoms with Gasteiger partial charge < -0.3 is 19.7 Å². The second-order valence-corrected chi connectivity index (χ2v) is 5.13. The summed E-state index contributed by atoms with van der Waals surface area (Å²) >= 11 is 0. The molecule has 1 atom stereocenters. The molecule has 7 heteroatoms. The van der Waals surface area contributed by atoms with Crippen molar-refractivity contribution < 1.29 is 23.9 Å². The van der Waals surface area contributed by atoms with E-state index >= 15 is 0 Å². The topological polar surface area (TPSA) is 84.9 Å². The highest BCUT2D eigenvalue weighted by atomic mass is 16.5. The molecule has 124 valence electrons. The van der Waals surface area contributed by atoms with Crippen molar-refractivity contribution in [3.63, 3.8) is 0 Å². The third-order valence-electron chi connectivity index (χ3n) is 3.73. The van der Waals surface area contributed by atoms with Gasteiger partial charge in [-0.1, -0.05) is 0 Å². The summed E-state index contributed by atoms with van der Waals surface area (Å²) < 4.78 is 9.70. The molecule has 1 N–H and O–H groups in total. The van der Waals surface area contributed by atoms with Crippen LogP contribution in [0.15, 0.2) is 18.2 Å². The van der Waals surface area contributed by atoms with Gasteiger partial charge in [-0.3, -0.25) is 9.59 Å². The Balaban J connectivity index is 2.33. The molecule has 0 bridgehead atoms. The molecule has 1 heterocycles. The summed E-state index contributed by atoms with van der Waals surface area (Å²) in [6.07, 6.45) is 0.0967. The van der Waals surface area contributed by atoms with Crippen molar-refractivity contribution >= 4 is 29.2 Å². The van der Waals surface area contributed by atoms with Crippen molar-refractivity contribution in [2.45, 2.75) is 13.3 Å². The zero-order valence-electron chi connectivity index (χ0n) is 13.4. The van der Waals surface area contributed by atoms with E-state index in [2.05, 4.69) is 5.32 Å². The predicted octanol–water partition coefficient (Wildman–Crippen LogP) is 1.43. The van der Waals surface area contributed by atoms with E-state index in [0.717, 1.165) is 0 Å². The summed E-state index contributed by atoms with van der Waals surface area (Å²) in [6.45, 7) is 2.23. The molecular formula is C16H20N2O5. The van der Waals surface area contributed by atoms with Gasteiger partial charge in [0.1, 0.15) is 0 Å². The third kappa shape index (κ3) is 3.44. The second kappa shape index (κ2) is 7.13. The van der Waals surface area contributed by atoms with E-state index in [1.807, 2.05) is 0 Å². The van der Waals surface area contributed by atoms with Gasteiger partial charge in [0.2, 0.25) is 5.91 Å². The first kappa shape index (κ1) is 16.8. The fourth-order valence-corrected chi connectivity index (χ4v) is 2.57. The number of carbonyl (C=O) groups is 3. The van der Waals surface area contributed by atoms with Crippen molar-refractivity contribution in [3.05, 3.63) is 23.8 Å². The summed E-state index contributed by atoms with van der Waals surface area (Å²) in [5, 5.41) is 2.99. The summed E-state index contributed by atoms with van der Waals surface area (Å²) in [4.78, 5) is 37.3. The monoisotopic (exact) mass is 320 g/mol. The van der Waals surface area contributed by atoms with Crippen molar-refractivity contribution in [1.82, 2.24) is 0 Å². The number of benzene rings is 1. The van der Waals surface area contributed by atoms with Crippen molar-refractivity contribution in [2.75, 3.05) is 37.5 Å². The number of hydrogen-bond acceptors (Lipinski definition) is 6. The average Bonchev–Trinajstić information content (AvgIpc) is 2.95. The lowest BCUT2D eigenvalue weighted by Crippen LogP contribution is -2.27. The normalized spacial score (nSPS) is 17.1. The van der Waals surface area contributed by atoms with Gasteiger partial charge in [-0.25, -0.2) is 4.79 Å². The van der Waals surface area contributed by atoms with Crippen LogP contribution in [0.3, 0.4) is 0 Å². The molecule has 0 aliphatic carbocycles. The number of rotatable bonds is 5. The van der Waals surface area contributed by atoms with Crippen molar-refractivity contribution in [3.8, 4) is 0 Å². The molecule has 2 rings (SSSR count). The van der Waals surface area contributed by atoms with Crippen LogP contribution in [0.25, 0.3) is 0 Å². The molecule has 0 radical (unpaired) electrons. The Labute approximate surface area is 134 Å². The third-order valence-corrected chi connectivity index (χ3v) is 3.73. The van der Waals surface area contributed by atoms with Crippen LogP contribution < -0.4 is 10.2 Å². The number of methoxy groups -OCH3 is 1. The Hall–Kier alpha value is -2.57. The van der Waals surface area contributed by atoms with Crippen molar-refractivity contribution in [2.24, 2.45) is 5.92 Å². The molecule has 1 saturated heterocycles. The maximum atomic E-state index is 12.3. The van der Waals surface area contributed by atoms with Gasteiger partial charge in [-0.15, -0.1) is 0 Å². The average molecular weight is 320 g/mol. The molecule has 1 aliphatic heterocycles. The molecule has 0 spiro atoms. The molecular weight excluding hydrogens is 300 g/mol. The zero-order valence-corrected chi connectivity index (χ0v) is 13.4. The minimum atomic E-state index is -0.497. The minimum absolute atomic E-state index is 0.0967. The molecule has 1 fully saturated rings. The second-order valence-electron chi connectivity index (χ2n) is 5.13. The Morgan fingerprint density at radius 3 is 2.74 bits per heavy atom. The Morgan fingerprint density at radius 1 is 1.39 bits per heavy atom. The first-order chi connectivity index (χ1) is 11.0. The molecule has 1 amide bonds. The summed E-state index contributed by atoms with van der Waals surface area (Å²) in [7, 11) is 3.02. The quantitative estimate of drug-likeness (QED) is 0.826. The molecule has 1 unspecified atom stereocenters. The van der Waals surface area contributed by atoms with Crippen LogP contribution in [0.5, 0.6) is 0 Å². The van der Waals surface area contributed by atoms with Crippen LogP contribution in [0, 0.1) is 5.92 Å². The number of nitrogens with one attached hydrogen (secondary N) is 1. The Kier molecular flexibility index (Phi) is 5.20. The van der Waals surface area contributed by atoms with Crippen LogP contribution in [0.4, 0.5) is 11.4 Å². The molecule has 0 saturated carbocycles. The smallest absolute Gasteiger partial charge is 0.338 e. The zero-order chi connectivity index (χ0) is 17.0. The van der Waals surface area contributed by atoms with Crippen LogP contribution in [0.1, 0.15) is 23.7 Å². The van der Waals surface area contributed by atoms with Gasteiger partial charge in [0.25, 0.3) is 0 Å². The lowest BCUT2D eigenvalue weighted by Gasteiger charge is -2.21. The molecule has 0 aromatic heterocycles. The number of carbonyl (C=O) groups excluding carboxylic acids is 3. The van der Waals surface area contributed by atoms with E-state index < -0.39 is 17.9 Å². The van der Waals surface area contributed by atoms with E-state index in [1.165, 1.54) is 12.0 Å². The fourth-order valence-electron chi connectivity index (χ4n) is 2.57. The highest BCUT2D eigenvalue weighted by Crippen LogP contribution is 2.32. The van der Waals surface area contributed by atoms with Crippen molar-refractivity contribution in [1.29, 1.82) is 0 Å². The van der Waals surface area contributed by atoms with Gasteiger partial charge in [0.05, 0.1) is 36.6 Å². The summed E-state index contributed by atoms with van der Waals surface area (Å²) in [5.74, 6) is -1.54. The maximum Gasteiger partial charge on any atom is 0.338 e. The first-order valence-electron chi connectivity index (χ1n) is 7.38. The van der Waals surface area contributed by atoms with E-state index in [1.54, 1.807) is 32.2 Å². The Morgan fingerprint density at radius 2 is 2.13 bits per heavy atom. The van der Waals surface area contributed by atoms with Gasteiger partial charge in [0.15, 0.2) is 0 Å². The van der Waals surface area contributed by atoms with Gasteiger partial charge in [0, 0.05) is 20.0 Å². The lowest BCUT2D eigenvalue weighted by atomic mass is 10.1. The van der Waals surface area contributed by atoms with Crippen LogP contribution in [-0.4, -0.2) is 45.2 Å². The lowest BCUT2D eigenvalue weighted by molar-refractivity contribution is -0.145. The maximum absolute atomic E-state index is 12.3. The van der Waals surface area contributed by atoms with Gasteiger partial charge >= 0.3 is 11.9 Å². The fraction of sp³-hybridized carbons (Fsp3) is 0.438. The largest absolute Gasteiger partial charge is 0.469 e. The molecule has 1 aliphatic rings. The van der Waals surface area contributed by atoms with Crippen LogP contribution in [0.2, 0.25) is 0 Å². The predicted molar refractivity (Wildman–Crippen MR) is 84.4 cm³/mol. The minimum Gasteiger partial charge on any atom is -0.469 e. The SMILES string of the molecule is CCOC(=O)c1ccc(NC)c(N2CC(C(=O)OC)CC2=O)c1. The number of hydrogen-bond donors (Lipinski definition) is 1. The summed E-state index contributed by atoms with van der Waals surface area (Å²) in [5.41, 5.74) is 1.60. The first-order valence-corrected chi connectivity index (χ1v) is 7.38. The van der Waals surface area contributed by atoms with E-state index in [4.69, 9.17) is 9.47 Å². The number of ether oxygens (including phenoxy) is 2. The highest BCUT2D eigenvalue weighted by molar-refractivity contribution is 6.03. The van der Waals surface area contributed by atoms with E-state index in [9.17, 15) is 14.4 Å². The van der Waals surface area contributed by atoms with E-state index in [-0.39, 0.29) is 25.5 Å². The number of esters is 2. The summed E-state index contributed by atoms with van der Waals surface area (Å²) in [6, 6.07) is 4.94. The van der Waals surface area contributed by atoms with Crippen LogP contribution >= 0.6 is 0 Å². The van der Waals surface area contributed by atoms with E-state index in [0.29, 0.717) is 16.9 Å². The molecule has 1 aromatic carbocycles. The number of amides is 1. The van der Waals surface area contributed by atoms with Gasteiger partial charge in [-0.2, -0.15) is 0 Å². The standard InChI is InChI=1S/C16H20N2O5/c1-4-23-16(21)10-5-6-12(17-2)13(7-10)18-9-11(8-14(18)19)15(20)22-3/h5-7,11,17H,4,8-9H2,1-3H3. The number of anilines is 2. The van der Waals surface area contributed by atoms with Gasteiger partial charge in [-0.05, 0) is 25.1 Å². The number of nitrogens with zero attached hydrogens (tertiary/aromatic N) is 1. The molecule has 1 aromatic rings. The van der Waals surface area contributed by atoms with Crippen LogP contribution in [-0.2, 0) is 19.1 Å². The molecule has 23 heavy (non-hydrogen) atoms. The highest BCUT2D eigenvalue weighted by Gasteiger charge is 2.36. The molecule has 7 nitrogen and oxygen atoms in total. The Bertz CT molecular complexity index is 629.